The lowest BCUT2D eigenvalue weighted by Crippen LogP contribution is -2.36. The van der Waals surface area contributed by atoms with Crippen LogP contribution >= 0.6 is 11.6 Å². The van der Waals surface area contributed by atoms with Crippen LogP contribution in [0.4, 0.5) is 35.1 Å². The molecule has 0 aliphatic carbocycles. The Balaban J connectivity index is 2.09. The number of nitrogens with zero attached hydrogens (tertiary/aromatic N) is 3. The molecule has 0 saturated carbocycles. The lowest BCUT2D eigenvalue weighted by Gasteiger charge is -2.19. The summed E-state index contributed by atoms with van der Waals surface area (Å²) < 4.78 is 113. The first-order valence-corrected chi connectivity index (χ1v) is 10.6. The monoisotopic (exact) mass is 546 g/mol. The van der Waals surface area contributed by atoms with E-state index in [-0.39, 0.29) is 32.5 Å². The number of hydrogen-bond acceptors (Lipinski definition) is 5. The second-order valence-electron chi connectivity index (χ2n) is 8.28. The first kappa shape index (κ1) is 27.9. The highest BCUT2D eigenvalue weighted by molar-refractivity contribution is 6.31. The molecule has 15 heteroatoms. The van der Waals surface area contributed by atoms with Crippen molar-refractivity contribution in [3.8, 4) is 22.7 Å². The molecule has 0 bridgehead atoms. The van der Waals surface area contributed by atoms with Gasteiger partial charge in [-0.1, -0.05) is 30.6 Å². The molecular weight excluding hydrogens is 528 g/mol. The summed E-state index contributed by atoms with van der Waals surface area (Å²) >= 11 is 6.12. The lowest BCUT2D eigenvalue weighted by molar-refractivity contribution is -0.292. The van der Waals surface area contributed by atoms with Crippen LogP contribution in [0.2, 0.25) is 5.02 Å². The molecule has 0 aliphatic heterocycles. The quantitative estimate of drug-likeness (QED) is 0.268. The Labute approximate surface area is 203 Å². The summed E-state index contributed by atoms with van der Waals surface area (Å²) in [5.74, 6) is -5.86. The molecular formula is C21H19ClF8N4O2. The van der Waals surface area contributed by atoms with Crippen LogP contribution < -0.4 is 5.32 Å². The fourth-order valence-electron chi connectivity index (χ4n) is 3.33. The standard InChI is InChI=1S/C21H19ClF8N4O2/c1-9(2)8-31-18(35)11-6-10(4-5-12(11)22)14-7-13(33-36-14)16-15(20(25,26)27)17(32-34(16)3)19(23,24)21(28,29)30/h4-7,9,18,31,35H,8H2,1-3H3. The Morgan fingerprint density at radius 1 is 1.08 bits per heavy atom. The van der Waals surface area contributed by atoms with E-state index in [1.807, 2.05) is 13.8 Å². The van der Waals surface area contributed by atoms with E-state index in [0.29, 0.717) is 6.54 Å². The maximum Gasteiger partial charge on any atom is 0.459 e. The van der Waals surface area contributed by atoms with Crippen molar-refractivity contribution >= 4 is 11.6 Å². The zero-order valence-corrected chi connectivity index (χ0v) is 19.5. The summed E-state index contributed by atoms with van der Waals surface area (Å²) in [4.78, 5) is 0. The second kappa shape index (κ2) is 9.63. The van der Waals surface area contributed by atoms with Crippen LogP contribution in [0.15, 0.2) is 28.8 Å². The Morgan fingerprint density at radius 3 is 2.28 bits per heavy atom. The van der Waals surface area contributed by atoms with Gasteiger partial charge in [0.05, 0.1) is 0 Å². The largest absolute Gasteiger partial charge is 0.459 e. The van der Waals surface area contributed by atoms with Crippen LogP contribution in [0, 0.1) is 5.92 Å². The van der Waals surface area contributed by atoms with Crippen molar-refractivity contribution in [1.82, 2.24) is 20.3 Å². The van der Waals surface area contributed by atoms with E-state index in [9.17, 15) is 40.2 Å². The molecule has 0 amide bonds. The van der Waals surface area contributed by atoms with Gasteiger partial charge in [-0.05, 0) is 24.1 Å². The van der Waals surface area contributed by atoms with Crippen molar-refractivity contribution < 1.29 is 44.8 Å². The summed E-state index contributed by atoms with van der Waals surface area (Å²) in [6.45, 7) is 4.23. The smallest absolute Gasteiger partial charge is 0.374 e. The van der Waals surface area contributed by atoms with Crippen molar-refractivity contribution in [2.45, 2.75) is 38.4 Å². The normalized spacial score (nSPS) is 14.1. The van der Waals surface area contributed by atoms with Crippen LogP contribution in [0.5, 0.6) is 0 Å². The molecule has 0 saturated heterocycles. The first-order chi connectivity index (χ1) is 16.4. The van der Waals surface area contributed by atoms with E-state index < -0.39 is 47.1 Å². The Bertz CT molecular complexity index is 1230. The van der Waals surface area contributed by atoms with Gasteiger partial charge in [-0.2, -0.15) is 40.2 Å². The topological polar surface area (TPSA) is 76.1 Å². The molecule has 2 N–H and O–H groups in total. The van der Waals surface area contributed by atoms with Gasteiger partial charge in [0.1, 0.15) is 23.2 Å². The zero-order chi connectivity index (χ0) is 27.2. The number of alkyl halides is 8. The van der Waals surface area contributed by atoms with Gasteiger partial charge in [0.15, 0.2) is 11.5 Å². The molecule has 198 valence electrons. The van der Waals surface area contributed by atoms with Gasteiger partial charge >= 0.3 is 18.3 Å². The number of benzene rings is 1. The van der Waals surface area contributed by atoms with Gasteiger partial charge in [-0.3, -0.25) is 10.00 Å². The van der Waals surface area contributed by atoms with Crippen molar-refractivity contribution in [3.05, 3.63) is 46.1 Å². The minimum atomic E-state index is -6.32. The van der Waals surface area contributed by atoms with Gasteiger partial charge in [0.25, 0.3) is 0 Å². The van der Waals surface area contributed by atoms with Crippen LogP contribution in [0.3, 0.4) is 0 Å². The third-order valence-electron chi connectivity index (χ3n) is 5.03. The Morgan fingerprint density at radius 2 is 1.72 bits per heavy atom. The van der Waals surface area contributed by atoms with E-state index in [0.717, 1.165) is 13.1 Å². The Hall–Kier alpha value is -2.71. The number of hydrogen-bond donors (Lipinski definition) is 2. The SMILES string of the molecule is CC(C)CNC(O)c1cc(-c2cc(-c3c(C(F)(F)F)c(C(F)(F)C(F)(F)F)nn3C)no2)ccc1Cl. The highest BCUT2D eigenvalue weighted by Gasteiger charge is 2.64. The molecule has 0 radical (unpaired) electrons. The van der Waals surface area contributed by atoms with E-state index in [1.165, 1.54) is 18.2 Å². The second-order valence-corrected chi connectivity index (χ2v) is 8.69. The first-order valence-electron chi connectivity index (χ1n) is 10.2. The van der Waals surface area contributed by atoms with Crippen molar-refractivity contribution in [2.24, 2.45) is 13.0 Å². The van der Waals surface area contributed by atoms with Gasteiger partial charge in [-0.25, -0.2) is 0 Å². The van der Waals surface area contributed by atoms with E-state index in [4.69, 9.17) is 16.1 Å². The van der Waals surface area contributed by atoms with Gasteiger partial charge in [0, 0.05) is 35.8 Å². The number of aliphatic hydroxyl groups is 1. The molecule has 36 heavy (non-hydrogen) atoms. The average Bonchev–Trinajstić information content (AvgIpc) is 3.36. The predicted octanol–water partition coefficient (Wildman–Crippen LogP) is 6.30. The maximum absolute atomic E-state index is 13.9. The molecule has 2 aromatic heterocycles. The van der Waals surface area contributed by atoms with Crippen molar-refractivity contribution in [3.63, 3.8) is 0 Å². The number of aromatic nitrogens is 3. The number of rotatable bonds is 7. The molecule has 0 aliphatic rings. The van der Waals surface area contributed by atoms with E-state index in [2.05, 4.69) is 15.6 Å². The molecule has 0 fully saturated rings. The third kappa shape index (κ3) is 5.34. The summed E-state index contributed by atoms with van der Waals surface area (Å²) in [7, 11) is 0.770. The number of halogens is 9. The maximum atomic E-state index is 13.9. The molecule has 3 rings (SSSR count). The number of aryl methyl sites for hydroxylation is 1. The number of nitrogens with one attached hydrogen (secondary N) is 1. The van der Waals surface area contributed by atoms with Crippen LogP contribution in [0.1, 0.15) is 36.9 Å². The highest BCUT2D eigenvalue weighted by atomic mass is 35.5. The molecule has 0 spiro atoms. The van der Waals surface area contributed by atoms with Crippen LogP contribution in [-0.2, 0) is 19.1 Å². The molecule has 1 unspecified atom stereocenters. The van der Waals surface area contributed by atoms with E-state index >= 15 is 0 Å². The lowest BCUT2D eigenvalue weighted by atomic mass is 10.0. The van der Waals surface area contributed by atoms with Crippen LogP contribution in [-0.4, -0.2) is 32.8 Å². The summed E-state index contributed by atoms with van der Waals surface area (Å²) in [5.41, 5.74) is -6.24. The van der Waals surface area contributed by atoms with Gasteiger partial charge in [0.2, 0.25) is 0 Å². The van der Waals surface area contributed by atoms with Gasteiger partial charge in [-0.15, -0.1) is 0 Å². The Kier molecular flexibility index (Phi) is 7.46. The van der Waals surface area contributed by atoms with Crippen LogP contribution in [0.25, 0.3) is 22.7 Å². The minimum absolute atomic E-state index is 0.160. The summed E-state index contributed by atoms with van der Waals surface area (Å²) in [5, 5.41) is 19.6. The molecule has 6 nitrogen and oxygen atoms in total. The molecule has 2 heterocycles. The van der Waals surface area contributed by atoms with Crippen molar-refractivity contribution in [2.75, 3.05) is 6.54 Å². The predicted molar refractivity (Wildman–Crippen MR) is 112 cm³/mol. The molecule has 1 atom stereocenters. The summed E-state index contributed by atoms with van der Waals surface area (Å²) in [6, 6.07) is 5.05. The molecule has 1 aromatic carbocycles. The van der Waals surface area contributed by atoms with Crippen molar-refractivity contribution in [1.29, 1.82) is 0 Å². The zero-order valence-electron chi connectivity index (χ0n) is 18.8. The highest BCUT2D eigenvalue weighted by Crippen LogP contribution is 2.50. The van der Waals surface area contributed by atoms with Gasteiger partial charge < -0.3 is 9.63 Å². The fraction of sp³-hybridized carbons (Fsp3) is 0.429. The van der Waals surface area contributed by atoms with E-state index in [1.54, 1.807) is 0 Å². The molecule has 3 aromatic rings. The average molecular weight is 547 g/mol. The summed E-state index contributed by atoms with van der Waals surface area (Å²) in [6.07, 6.45) is -13.2. The number of aliphatic hydroxyl groups excluding tert-OH is 1. The fourth-order valence-corrected chi connectivity index (χ4v) is 3.55. The third-order valence-corrected chi connectivity index (χ3v) is 5.38. The minimum Gasteiger partial charge on any atom is -0.374 e.